The van der Waals surface area contributed by atoms with Gasteiger partial charge in [0.1, 0.15) is 0 Å². The number of fused-ring (bicyclic) bond motifs is 2. The molecule has 2 unspecified atom stereocenters. The first-order valence-electron chi connectivity index (χ1n) is 12.7. The summed E-state index contributed by atoms with van der Waals surface area (Å²) in [5.41, 5.74) is 6.72. The molecule has 8 heteroatoms. The number of pyridine rings is 1. The summed E-state index contributed by atoms with van der Waals surface area (Å²) >= 11 is 6.37. The van der Waals surface area contributed by atoms with Gasteiger partial charge in [0.15, 0.2) is 0 Å². The lowest BCUT2D eigenvalue weighted by Crippen LogP contribution is -2.56. The zero-order valence-electron chi connectivity index (χ0n) is 20.5. The molecule has 1 aliphatic heterocycles. The van der Waals surface area contributed by atoms with Crippen LogP contribution in [0.2, 0.25) is 5.02 Å². The third-order valence-corrected chi connectivity index (χ3v) is 7.49. The van der Waals surface area contributed by atoms with E-state index in [1.165, 1.54) is 16.7 Å². The van der Waals surface area contributed by atoms with Gasteiger partial charge >= 0.3 is 0 Å². The number of aryl methyl sites for hydroxylation is 2. The van der Waals surface area contributed by atoms with Gasteiger partial charge in [-0.25, -0.2) is 4.98 Å². The Morgan fingerprint density at radius 3 is 2.89 bits per heavy atom. The summed E-state index contributed by atoms with van der Waals surface area (Å²) in [5.74, 6) is -0.0318. The Bertz CT molecular complexity index is 1410. The van der Waals surface area contributed by atoms with Gasteiger partial charge in [-0.1, -0.05) is 35.9 Å². The summed E-state index contributed by atoms with van der Waals surface area (Å²) in [6, 6.07) is 18.0. The van der Waals surface area contributed by atoms with E-state index in [0.717, 1.165) is 47.9 Å². The SMILES string of the molecule is O=C(Nc1cccc(Cn2ccnc2)c1)C1CN(C2c3ccc(Cl)cc3CCc3cccnc32)CCN1. The van der Waals surface area contributed by atoms with Crippen LogP contribution in [0, 0.1) is 0 Å². The molecule has 2 aromatic carbocycles. The molecular formula is C29H29ClN6O. The molecule has 0 radical (unpaired) electrons. The van der Waals surface area contributed by atoms with E-state index in [0.29, 0.717) is 13.1 Å². The van der Waals surface area contributed by atoms with Crippen molar-refractivity contribution in [2.45, 2.75) is 31.5 Å². The highest BCUT2D eigenvalue weighted by atomic mass is 35.5. The topological polar surface area (TPSA) is 75.1 Å². The van der Waals surface area contributed by atoms with Crippen LogP contribution in [0.4, 0.5) is 5.69 Å². The lowest BCUT2D eigenvalue weighted by Gasteiger charge is -2.39. The maximum Gasteiger partial charge on any atom is 0.242 e. The van der Waals surface area contributed by atoms with Crippen LogP contribution >= 0.6 is 11.6 Å². The van der Waals surface area contributed by atoms with Crippen LogP contribution < -0.4 is 10.6 Å². The second-order valence-corrected chi connectivity index (χ2v) is 10.2. The molecule has 188 valence electrons. The summed E-state index contributed by atoms with van der Waals surface area (Å²) < 4.78 is 2.01. The maximum atomic E-state index is 13.4. The van der Waals surface area contributed by atoms with Gasteiger partial charge in [-0.15, -0.1) is 0 Å². The molecule has 2 atom stereocenters. The fourth-order valence-corrected chi connectivity index (χ4v) is 5.70. The highest BCUT2D eigenvalue weighted by molar-refractivity contribution is 6.30. The van der Waals surface area contributed by atoms with Crippen molar-refractivity contribution in [2.24, 2.45) is 0 Å². The molecule has 2 N–H and O–H groups in total. The minimum atomic E-state index is -0.336. The molecule has 0 spiro atoms. The van der Waals surface area contributed by atoms with Gasteiger partial charge in [-0.3, -0.25) is 14.7 Å². The Morgan fingerprint density at radius 1 is 1.08 bits per heavy atom. The fourth-order valence-electron chi connectivity index (χ4n) is 5.50. The summed E-state index contributed by atoms with van der Waals surface area (Å²) in [7, 11) is 0. The van der Waals surface area contributed by atoms with Crippen LogP contribution in [-0.4, -0.2) is 51.0 Å². The summed E-state index contributed by atoms with van der Waals surface area (Å²) in [6.07, 6.45) is 9.21. The monoisotopic (exact) mass is 512 g/mol. The molecule has 1 amide bonds. The highest BCUT2D eigenvalue weighted by Crippen LogP contribution is 2.37. The van der Waals surface area contributed by atoms with Gasteiger partial charge < -0.3 is 15.2 Å². The van der Waals surface area contributed by atoms with Gasteiger partial charge in [-0.05, 0) is 65.4 Å². The molecule has 7 nitrogen and oxygen atoms in total. The Morgan fingerprint density at radius 2 is 2.00 bits per heavy atom. The highest BCUT2D eigenvalue weighted by Gasteiger charge is 2.35. The van der Waals surface area contributed by atoms with Gasteiger partial charge in [-0.2, -0.15) is 0 Å². The van der Waals surface area contributed by atoms with Crippen molar-refractivity contribution in [3.8, 4) is 0 Å². The number of anilines is 1. The molecule has 0 saturated carbocycles. The van der Waals surface area contributed by atoms with E-state index in [-0.39, 0.29) is 18.0 Å². The third-order valence-electron chi connectivity index (χ3n) is 7.26. The number of aromatic nitrogens is 3. The molecule has 3 heterocycles. The lowest BCUT2D eigenvalue weighted by molar-refractivity contribution is -0.119. The normalized spacial score (nSPS) is 19.5. The van der Waals surface area contributed by atoms with Crippen LogP contribution in [0.5, 0.6) is 0 Å². The second-order valence-electron chi connectivity index (χ2n) is 9.72. The molecule has 0 bridgehead atoms. The minimum Gasteiger partial charge on any atom is -0.333 e. The van der Waals surface area contributed by atoms with E-state index in [2.05, 4.69) is 44.8 Å². The Labute approximate surface area is 221 Å². The Kier molecular flexibility index (Phi) is 6.74. The quantitative estimate of drug-likeness (QED) is 0.421. The molecule has 1 aliphatic carbocycles. The van der Waals surface area contributed by atoms with E-state index in [9.17, 15) is 4.79 Å². The number of rotatable bonds is 5. The second kappa shape index (κ2) is 10.5. The first-order valence-corrected chi connectivity index (χ1v) is 13.1. The fraction of sp³-hybridized carbons (Fsp3) is 0.276. The molecule has 1 fully saturated rings. The van der Waals surface area contributed by atoms with Crippen LogP contribution in [0.3, 0.4) is 0 Å². The van der Waals surface area contributed by atoms with Crippen molar-refractivity contribution < 1.29 is 4.79 Å². The largest absolute Gasteiger partial charge is 0.333 e. The number of carbonyl (C=O) groups is 1. The maximum absolute atomic E-state index is 13.4. The number of benzene rings is 2. The number of hydrogen-bond acceptors (Lipinski definition) is 5. The lowest BCUT2D eigenvalue weighted by atomic mass is 9.95. The zero-order chi connectivity index (χ0) is 25.2. The average Bonchev–Trinajstić information content (AvgIpc) is 3.36. The molecule has 2 aromatic heterocycles. The number of amides is 1. The van der Waals surface area contributed by atoms with E-state index < -0.39 is 0 Å². The number of carbonyl (C=O) groups excluding carboxylic acids is 1. The smallest absolute Gasteiger partial charge is 0.242 e. The average molecular weight is 513 g/mol. The van der Waals surface area contributed by atoms with Crippen molar-refractivity contribution in [1.82, 2.24) is 24.8 Å². The number of halogens is 1. The molecule has 37 heavy (non-hydrogen) atoms. The van der Waals surface area contributed by atoms with Crippen LogP contribution in [-0.2, 0) is 24.2 Å². The van der Waals surface area contributed by atoms with Crippen LogP contribution in [0.15, 0.2) is 79.5 Å². The number of hydrogen-bond donors (Lipinski definition) is 2. The third kappa shape index (κ3) is 5.16. The molecule has 2 aliphatic rings. The number of nitrogens with zero attached hydrogens (tertiary/aromatic N) is 4. The minimum absolute atomic E-state index is 0.0122. The van der Waals surface area contributed by atoms with E-state index >= 15 is 0 Å². The number of piperazine rings is 1. The molecule has 1 saturated heterocycles. The van der Waals surface area contributed by atoms with Crippen molar-refractivity contribution in [3.05, 3.63) is 112 Å². The Balaban J connectivity index is 1.22. The van der Waals surface area contributed by atoms with E-state index in [1.807, 2.05) is 47.3 Å². The van der Waals surface area contributed by atoms with Crippen molar-refractivity contribution in [3.63, 3.8) is 0 Å². The van der Waals surface area contributed by atoms with Gasteiger partial charge in [0.25, 0.3) is 0 Å². The van der Waals surface area contributed by atoms with Gasteiger partial charge in [0.2, 0.25) is 5.91 Å². The predicted molar refractivity (Wildman–Crippen MR) is 145 cm³/mol. The zero-order valence-corrected chi connectivity index (χ0v) is 21.2. The molecular weight excluding hydrogens is 484 g/mol. The van der Waals surface area contributed by atoms with Crippen molar-refractivity contribution in [2.75, 3.05) is 25.0 Å². The van der Waals surface area contributed by atoms with E-state index in [1.54, 1.807) is 12.5 Å². The van der Waals surface area contributed by atoms with Gasteiger partial charge in [0, 0.05) is 55.5 Å². The van der Waals surface area contributed by atoms with E-state index in [4.69, 9.17) is 16.6 Å². The molecule has 4 aromatic rings. The van der Waals surface area contributed by atoms with Gasteiger partial charge in [0.05, 0.1) is 24.1 Å². The molecule has 6 rings (SSSR count). The van der Waals surface area contributed by atoms with Crippen molar-refractivity contribution in [1.29, 1.82) is 0 Å². The van der Waals surface area contributed by atoms with Crippen LogP contribution in [0.25, 0.3) is 0 Å². The first kappa shape index (κ1) is 23.9. The Hall–Kier alpha value is -3.52. The summed E-state index contributed by atoms with van der Waals surface area (Å²) in [5, 5.41) is 7.31. The van der Waals surface area contributed by atoms with Crippen molar-refractivity contribution >= 4 is 23.2 Å². The van der Waals surface area contributed by atoms with Crippen LogP contribution in [0.1, 0.15) is 34.0 Å². The number of nitrogens with one attached hydrogen (secondary N) is 2. The standard InChI is InChI=1S/C29H29ClN6O/c30-23-8-9-25-22(16-23)7-6-21-4-2-10-33-27(21)28(25)36-14-12-32-26(18-36)29(37)34-24-5-1-3-20(15-24)17-35-13-11-31-19-35/h1-5,8-11,13,15-16,19,26,28,32H,6-7,12,14,17-18H2,(H,34,37). The summed E-state index contributed by atoms with van der Waals surface area (Å²) in [6.45, 7) is 2.84. The number of imidazole rings is 1. The first-order chi connectivity index (χ1) is 18.1. The summed E-state index contributed by atoms with van der Waals surface area (Å²) in [4.78, 5) is 24.7. The predicted octanol–water partition coefficient (Wildman–Crippen LogP) is 4.08.